The summed E-state index contributed by atoms with van der Waals surface area (Å²) in [5.74, 6) is -0.403. The first-order valence-electron chi connectivity index (χ1n) is 7.80. The molecule has 1 aromatic carbocycles. The van der Waals surface area contributed by atoms with Gasteiger partial charge in [-0.25, -0.2) is 8.42 Å². The van der Waals surface area contributed by atoms with E-state index in [4.69, 9.17) is 0 Å². The molecule has 2 aromatic rings. The van der Waals surface area contributed by atoms with Gasteiger partial charge in [0.1, 0.15) is 0 Å². The second-order valence-corrected chi connectivity index (χ2v) is 9.49. The molecule has 0 aliphatic carbocycles. The van der Waals surface area contributed by atoms with E-state index in [1.807, 2.05) is 6.26 Å². The number of sulfonamides is 1. The molecule has 2 heterocycles. The molecule has 1 amide bonds. The number of nitrogens with zero attached hydrogens (tertiary/aromatic N) is 3. The molecule has 0 saturated carbocycles. The third kappa shape index (κ3) is 4.20. The van der Waals surface area contributed by atoms with Crippen LogP contribution < -0.4 is 5.32 Å². The van der Waals surface area contributed by atoms with Crippen LogP contribution in [0.2, 0.25) is 0 Å². The SMILES string of the molecule is CSc1nnc(NC(=O)c2cccc(S(=O)(=O)N3CCCCC3)c2)s1. The fourth-order valence-electron chi connectivity index (χ4n) is 2.56. The molecule has 1 aliphatic heterocycles. The first-order chi connectivity index (χ1) is 12.0. The van der Waals surface area contributed by atoms with Crippen molar-refractivity contribution in [2.24, 2.45) is 0 Å². The lowest BCUT2D eigenvalue weighted by molar-refractivity contribution is 0.102. The smallest absolute Gasteiger partial charge is 0.257 e. The fourth-order valence-corrected chi connectivity index (χ4v) is 5.29. The van der Waals surface area contributed by atoms with Gasteiger partial charge in [0.2, 0.25) is 15.2 Å². The number of thioether (sulfide) groups is 1. The Kier molecular flexibility index (Phi) is 5.72. The molecule has 1 fully saturated rings. The molecule has 3 rings (SSSR count). The zero-order chi connectivity index (χ0) is 17.9. The molecule has 10 heteroatoms. The van der Waals surface area contributed by atoms with Crippen LogP contribution in [0.5, 0.6) is 0 Å². The summed E-state index contributed by atoms with van der Waals surface area (Å²) in [6, 6.07) is 6.10. The quantitative estimate of drug-likeness (QED) is 0.615. The van der Waals surface area contributed by atoms with Gasteiger partial charge in [-0.2, -0.15) is 4.31 Å². The number of aromatic nitrogens is 2. The number of amides is 1. The Labute approximate surface area is 154 Å². The van der Waals surface area contributed by atoms with Crippen LogP contribution >= 0.6 is 23.1 Å². The molecule has 0 spiro atoms. The van der Waals surface area contributed by atoms with Gasteiger partial charge >= 0.3 is 0 Å². The van der Waals surface area contributed by atoms with E-state index in [2.05, 4.69) is 15.5 Å². The lowest BCUT2D eigenvalue weighted by atomic mass is 10.2. The fraction of sp³-hybridized carbons (Fsp3) is 0.400. The summed E-state index contributed by atoms with van der Waals surface area (Å²) >= 11 is 2.71. The summed E-state index contributed by atoms with van der Waals surface area (Å²) in [4.78, 5) is 12.5. The highest BCUT2D eigenvalue weighted by atomic mass is 32.2. The van der Waals surface area contributed by atoms with E-state index >= 15 is 0 Å². The Bertz CT molecular complexity index is 860. The highest BCUT2D eigenvalue weighted by molar-refractivity contribution is 8.00. The summed E-state index contributed by atoms with van der Waals surface area (Å²) in [5.41, 5.74) is 0.277. The Morgan fingerprint density at radius 2 is 2.00 bits per heavy atom. The van der Waals surface area contributed by atoms with Crippen LogP contribution in [0.15, 0.2) is 33.5 Å². The molecule has 1 aliphatic rings. The van der Waals surface area contributed by atoms with Gasteiger partial charge in [-0.1, -0.05) is 35.6 Å². The van der Waals surface area contributed by atoms with Crippen LogP contribution in [0.1, 0.15) is 29.6 Å². The minimum atomic E-state index is -3.57. The number of carbonyl (C=O) groups is 1. The first kappa shape index (κ1) is 18.3. The van der Waals surface area contributed by atoms with Crippen LogP contribution in [0.4, 0.5) is 5.13 Å². The molecule has 0 atom stereocenters. The van der Waals surface area contributed by atoms with Gasteiger partial charge in [0, 0.05) is 18.7 Å². The summed E-state index contributed by atoms with van der Waals surface area (Å²) in [7, 11) is -3.57. The minimum absolute atomic E-state index is 0.143. The molecule has 134 valence electrons. The average molecular weight is 399 g/mol. The zero-order valence-corrected chi connectivity index (χ0v) is 16.1. The van der Waals surface area contributed by atoms with Gasteiger partial charge in [-0.3, -0.25) is 10.1 Å². The maximum Gasteiger partial charge on any atom is 0.257 e. The van der Waals surface area contributed by atoms with E-state index in [9.17, 15) is 13.2 Å². The van der Waals surface area contributed by atoms with E-state index in [1.54, 1.807) is 12.1 Å². The second-order valence-electron chi connectivity index (χ2n) is 5.52. The Balaban J connectivity index is 1.79. The molecule has 0 bridgehead atoms. The predicted molar refractivity (Wildman–Crippen MR) is 98.7 cm³/mol. The normalized spacial score (nSPS) is 15.9. The lowest BCUT2D eigenvalue weighted by Gasteiger charge is -2.26. The van der Waals surface area contributed by atoms with Gasteiger partial charge in [-0.15, -0.1) is 10.2 Å². The largest absolute Gasteiger partial charge is 0.296 e. The molecule has 25 heavy (non-hydrogen) atoms. The zero-order valence-electron chi connectivity index (χ0n) is 13.6. The Hall–Kier alpha value is -1.49. The first-order valence-corrected chi connectivity index (χ1v) is 11.3. The van der Waals surface area contributed by atoms with Crippen LogP contribution in [0.3, 0.4) is 0 Å². The van der Waals surface area contributed by atoms with Gasteiger partial charge in [0.25, 0.3) is 5.91 Å². The molecule has 0 unspecified atom stereocenters. The molecule has 0 radical (unpaired) electrons. The van der Waals surface area contributed by atoms with Gasteiger partial charge in [0.15, 0.2) is 4.34 Å². The molecular formula is C15H18N4O3S3. The number of benzene rings is 1. The third-order valence-electron chi connectivity index (χ3n) is 3.85. The van der Waals surface area contributed by atoms with Crippen molar-refractivity contribution in [3.63, 3.8) is 0 Å². The Morgan fingerprint density at radius 1 is 1.24 bits per heavy atom. The monoisotopic (exact) mass is 398 g/mol. The van der Waals surface area contributed by atoms with Crippen molar-refractivity contribution < 1.29 is 13.2 Å². The standard InChI is InChI=1S/C15H18N4O3S3/c1-23-15-18-17-14(24-15)16-13(20)11-6-5-7-12(10-11)25(21,22)19-8-3-2-4-9-19/h5-7,10H,2-4,8-9H2,1H3,(H,16,17,20). The lowest BCUT2D eigenvalue weighted by Crippen LogP contribution is -2.35. The average Bonchev–Trinajstić information content (AvgIpc) is 3.10. The van der Waals surface area contributed by atoms with Crippen molar-refractivity contribution in [1.29, 1.82) is 0 Å². The molecule has 1 N–H and O–H groups in total. The number of piperidine rings is 1. The number of nitrogens with one attached hydrogen (secondary N) is 1. The topological polar surface area (TPSA) is 92.3 Å². The number of rotatable bonds is 5. The van der Waals surface area contributed by atoms with E-state index in [-0.39, 0.29) is 10.5 Å². The van der Waals surface area contributed by atoms with Crippen LogP contribution in [-0.4, -0.2) is 48.2 Å². The van der Waals surface area contributed by atoms with E-state index < -0.39 is 15.9 Å². The van der Waals surface area contributed by atoms with Crippen molar-refractivity contribution >= 4 is 44.2 Å². The summed E-state index contributed by atoms with van der Waals surface area (Å²) in [6.45, 7) is 1.06. The molecule has 1 saturated heterocycles. The highest BCUT2D eigenvalue weighted by Crippen LogP contribution is 2.24. The van der Waals surface area contributed by atoms with E-state index in [1.165, 1.54) is 39.5 Å². The van der Waals surface area contributed by atoms with Gasteiger partial charge < -0.3 is 0 Å². The predicted octanol–water partition coefficient (Wildman–Crippen LogP) is 2.69. The highest BCUT2D eigenvalue weighted by Gasteiger charge is 2.26. The van der Waals surface area contributed by atoms with Crippen LogP contribution in [-0.2, 0) is 10.0 Å². The van der Waals surface area contributed by atoms with Gasteiger partial charge in [0.05, 0.1) is 4.90 Å². The van der Waals surface area contributed by atoms with Crippen molar-refractivity contribution in [3.05, 3.63) is 29.8 Å². The van der Waals surface area contributed by atoms with Gasteiger partial charge in [-0.05, 0) is 37.3 Å². The summed E-state index contributed by atoms with van der Waals surface area (Å²) < 4.78 is 27.7. The minimum Gasteiger partial charge on any atom is -0.296 e. The maximum absolute atomic E-state index is 12.7. The van der Waals surface area contributed by atoms with E-state index in [0.29, 0.717) is 18.2 Å². The number of hydrogen-bond donors (Lipinski definition) is 1. The second kappa shape index (κ2) is 7.81. The summed E-state index contributed by atoms with van der Waals surface area (Å²) in [6.07, 6.45) is 4.66. The van der Waals surface area contributed by atoms with Crippen LogP contribution in [0, 0.1) is 0 Å². The number of anilines is 1. The molecule has 1 aromatic heterocycles. The summed E-state index contributed by atoms with van der Waals surface area (Å²) in [5, 5.41) is 10.8. The number of carbonyl (C=O) groups excluding carboxylic acids is 1. The van der Waals surface area contributed by atoms with Crippen molar-refractivity contribution in [3.8, 4) is 0 Å². The third-order valence-corrected chi connectivity index (χ3v) is 7.56. The van der Waals surface area contributed by atoms with Crippen molar-refractivity contribution in [2.75, 3.05) is 24.7 Å². The van der Waals surface area contributed by atoms with Crippen molar-refractivity contribution in [2.45, 2.75) is 28.5 Å². The molecular weight excluding hydrogens is 380 g/mol. The van der Waals surface area contributed by atoms with Crippen molar-refractivity contribution in [1.82, 2.24) is 14.5 Å². The Morgan fingerprint density at radius 3 is 2.68 bits per heavy atom. The maximum atomic E-state index is 12.7. The van der Waals surface area contributed by atoms with E-state index in [0.717, 1.165) is 23.6 Å². The molecule has 7 nitrogen and oxygen atoms in total. The number of hydrogen-bond acceptors (Lipinski definition) is 7. The van der Waals surface area contributed by atoms with Crippen LogP contribution in [0.25, 0.3) is 0 Å².